The number of aliphatic hydroxyl groups is 1. The Balaban J connectivity index is 1.88. The lowest BCUT2D eigenvalue weighted by molar-refractivity contribution is -0.00107. The first-order valence-electron chi connectivity index (χ1n) is 7.39. The molecule has 0 spiro atoms. The van der Waals surface area contributed by atoms with E-state index in [4.69, 9.17) is 4.74 Å². The van der Waals surface area contributed by atoms with Gasteiger partial charge in [0.2, 0.25) is 0 Å². The van der Waals surface area contributed by atoms with Crippen LogP contribution in [0.2, 0.25) is 0 Å². The topological polar surface area (TPSA) is 29.5 Å². The van der Waals surface area contributed by atoms with Crippen LogP contribution < -0.4 is 4.74 Å². The minimum absolute atomic E-state index is 0.210. The lowest BCUT2D eigenvalue weighted by Crippen LogP contribution is -2.29. The normalized spacial score (nSPS) is 33.4. The third-order valence-electron chi connectivity index (χ3n) is 4.58. The van der Waals surface area contributed by atoms with Crippen LogP contribution in [-0.4, -0.2) is 11.2 Å². The Kier molecular flexibility index (Phi) is 2.90. The molecule has 0 saturated heterocycles. The number of hydrogen-bond donors (Lipinski definition) is 1. The molecule has 2 atom stereocenters. The summed E-state index contributed by atoms with van der Waals surface area (Å²) in [6.45, 7) is 6.64. The van der Waals surface area contributed by atoms with E-state index in [1.807, 2.05) is 24.3 Å². The summed E-state index contributed by atoms with van der Waals surface area (Å²) in [5.41, 5.74) is 0.525. The second-order valence-electron chi connectivity index (χ2n) is 7.22. The Bertz CT molecular complexity index is 476. The van der Waals surface area contributed by atoms with E-state index in [0.29, 0.717) is 12.0 Å². The molecule has 1 N–H and O–H groups in total. The second kappa shape index (κ2) is 4.24. The maximum Gasteiger partial charge on any atom is 0.120 e. The summed E-state index contributed by atoms with van der Waals surface area (Å²) in [6.07, 6.45) is 4.63. The zero-order valence-electron chi connectivity index (χ0n) is 12.1. The van der Waals surface area contributed by atoms with Gasteiger partial charge in [-0.15, -0.1) is 0 Å². The van der Waals surface area contributed by atoms with Crippen molar-refractivity contribution in [3.05, 3.63) is 29.8 Å². The number of benzene rings is 1. The van der Waals surface area contributed by atoms with Gasteiger partial charge in [-0.2, -0.15) is 0 Å². The molecule has 2 heteroatoms. The van der Waals surface area contributed by atoms with Gasteiger partial charge in [-0.05, 0) is 54.7 Å². The first-order valence-corrected chi connectivity index (χ1v) is 7.39. The summed E-state index contributed by atoms with van der Waals surface area (Å²) in [7, 11) is 0. The smallest absolute Gasteiger partial charge is 0.120 e. The van der Waals surface area contributed by atoms with Crippen molar-refractivity contribution in [3.8, 4) is 5.75 Å². The Morgan fingerprint density at radius 2 is 2.00 bits per heavy atom. The van der Waals surface area contributed by atoms with Gasteiger partial charge in [0, 0.05) is 0 Å². The van der Waals surface area contributed by atoms with Crippen LogP contribution in [-0.2, 0) is 5.60 Å². The van der Waals surface area contributed by atoms with Crippen molar-refractivity contribution in [2.24, 2.45) is 11.3 Å². The molecule has 2 unspecified atom stereocenters. The third-order valence-corrected chi connectivity index (χ3v) is 4.58. The molecule has 19 heavy (non-hydrogen) atoms. The third kappa shape index (κ3) is 2.51. The van der Waals surface area contributed by atoms with Gasteiger partial charge in [0.1, 0.15) is 5.75 Å². The standard InChI is InChI=1S/C17H24O2/c1-12-10-16(2,3)11-17(12,18)13-5-4-6-15(9-13)19-14-7-8-14/h4-6,9,12,14,18H,7-8,10-11H2,1-3H3. The summed E-state index contributed by atoms with van der Waals surface area (Å²) in [6, 6.07) is 8.08. The van der Waals surface area contributed by atoms with Gasteiger partial charge in [-0.1, -0.05) is 32.9 Å². The van der Waals surface area contributed by atoms with Crippen LogP contribution in [0.3, 0.4) is 0 Å². The molecule has 2 fully saturated rings. The Hall–Kier alpha value is -1.02. The van der Waals surface area contributed by atoms with E-state index in [-0.39, 0.29) is 5.41 Å². The zero-order valence-corrected chi connectivity index (χ0v) is 12.1. The first-order chi connectivity index (χ1) is 8.89. The molecule has 2 aliphatic carbocycles. The molecule has 0 amide bonds. The fourth-order valence-electron chi connectivity index (χ4n) is 3.58. The molecule has 0 radical (unpaired) electrons. The summed E-state index contributed by atoms with van der Waals surface area (Å²) in [5, 5.41) is 11.1. The monoisotopic (exact) mass is 260 g/mol. The van der Waals surface area contributed by atoms with Crippen LogP contribution >= 0.6 is 0 Å². The molecule has 0 bridgehead atoms. The molecule has 3 rings (SSSR count). The Morgan fingerprint density at radius 3 is 2.58 bits per heavy atom. The van der Waals surface area contributed by atoms with Crippen molar-refractivity contribution >= 4 is 0 Å². The number of hydrogen-bond acceptors (Lipinski definition) is 2. The highest BCUT2D eigenvalue weighted by Crippen LogP contribution is 2.52. The average Bonchev–Trinajstić information content (AvgIpc) is 3.08. The van der Waals surface area contributed by atoms with Crippen molar-refractivity contribution in [1.29, 1.82) is 0 Å². The highest BCUT2D eigenvalue weighted by molar-refractivity contribution is 5.34. The lowest BCUT2D eigenvalue weighted by atomic mass is 9.83. The van der Waals surface area contributed by atoms with E-state index in [1.54, 1.807) is 0 Å². The van der Waals surface area contributed by atoms with Crippen LogP contribution in [0, 0.1) is 11.3 Å². The molecule has 2 aliphatic rings. The van der Waals surface area contributed by atoms with E-state index in [2.05, 4.69) is 20.8 Å². The molecular formula is C17H24O2. The molecule has 0 heterocycles. The van der Waals surface area contributed by atoms with Crippen LogP contribution in [0.4, 0.5) is 0 Å². The Morgan fingerprint density at radius 1 is 1.26 bits per heavy atom. The van der Waals surface area contributed by atoms with Crippen molar-refractivity contribution < 1.29 is 9.84 Å². The first kappa shape index (κ1) is 13.0. The summed E-state index contributed by atoms with van der Waals surface area (Å²) in [5.74, 6) is 1.20. The molecular weight excluding hydrogens is 236 g/mol. The largest absolute Gasteiger partial charge is 0.490 e. The van der Waals surface area contributed by atoms with E-state index in [1.165, 1.54) is 0 Å². The SMILES string of the molecule is CC1CC(C)(C)CC1(O)c1cccc(OC2CC2)c1. The summed E-state index contributed by atoms with van der Waals surface area (Å²) in [4.78, 5) is 0. The zero-order chi connectivity index (χ0) is 13.7. The maximum absolute atomic E-state index is 11.1. The average molecular weight is 260 g/mol. The van der Waals surface area contributed by atoms with Crippen LogP contribution in [0.15, 0.2) is 24.3 Å². The highest BCUT2D eigenvalue weighted by Gasteiger charge is 2.48. The van der Waals surface area contributed by atoms with Crippen molar-refractivity contribution in [2.45, 2.75) is 58.2 Å². The molecule has 1 aromatic rings. The van der Waals surface area contributed by atoms with Gasteiger partial charge in [0.15, 0.2) is 0 Å². The fraction of sp³-hybridized carbons (Fsp3) is 0.647. The molecule has 1 aromatic carbocycles. The molecule has 0 aromatic heterocycles. The number of rotatable bonds is 3. The van der Waals surface area contributed by atoms with E-state index < -0.39 is 5.60 Å². The van der Waals surface area contributed by atoms with Gasteiger partial charge in [0.25, 0.3) is 0 Å². The molecule has 2 saturated carbocycles. The van der Waals surface area contributed by atoms with Crippen molar-refractivity contribution in [1.82, 2.24) is 0 Å². The van der Waals surface area contributed by atoms with E-state index >= 15 is 0 Å². The number of ether oxygens (including phenoxy) is 1. The van der Waals surface area contributed by atoms with Crippen molar-refractivity contribution in [2.75, 3.05) is 0 Å². The van der Waals surface area contributed by atoms with Gasteiger partial charge in [-0.25, -0.2) is 0 Å². The molecule has 2 nitrogen and oxygen atoms in total. The predicted molar refractivity (Wildman–Crippen MR) is 76.2 cm³/mol. The van der Waals surface area contributed by atoms with Crippen LogP contribution in [0.25, 0.3) is 0 Å². The van der Waals surface area contributed by atoms with E-state index in [9.17, 15) is 5.11 Å². The molecule has 0 aliphatic heterocycles. The van der Waals surface area contributed by atoms with Gasteiger partial charge >= 0.3 is 0 Å². The molecule has 104 valence electrons. The highest BCUT2D eigenvalue weighted by atomic mass is 16.5. The quantitative estimate of drug-likeness (QED) is 0.894. The summed E-state index contributed by atoms with van der Waals surface area (Å²) >= 11 is 0. The van der Waals surface area contributed by atoms with Gasteiger partial charge in [-0.3, -0.25) is 0 Å². The predicted octanol–water partition coefficient (Wildman–Crippen LogP) is 3.87. The van der Waals surface area contributed by atoms with Gasteiger partial charge < -0.3 is 9.84 Å². The maximum atomic E-state index is 11.1. The van der Waals surface area contributed by atoms with Crippen molar-refractivity contribution in [3.63, 3.8) is 0 Å². The van der Waals surface area contributed by atoms with Crippen LogP contribution in [0.5, 0.6) is 5.75 Å². The lowest BCUT2D eigenvalue weighted by Gasteiger charge is -2.29. The van der Waals surface area contributed by atoms with Gasteiger partial charge in [0.05, 0.1) is 11.7 Å². The minimum atomic E-state index is -0.702. The minimum Gasteiger partial charge on any atom is -0.490 e. The Labute approximate surface area is 115 Å². The second-order valence-corrected chi connectivity index (χ2v) is 7.22. The van der Waals surface area contributed by atoms with Crippen LogP contribution in [0.1, 0.15) is 52.0 Å². The van der Waals surface area contributed by atoms with E-state index in [0.717, 1.165) is 37.0 Å². The summed E-state index contributed by atoms with van der Waals surface area (Å²) < 4.78 is 5.85. The fourth-order valence-corrected chi connectivity index (χ4v) is 3.58.